The second-order valence-electron chi connectivity index (χ2n) is 8.85. The van der Waals surface area contributed by atoms with E-state index >= 15 is 0 Å². The summed E-state index contributed by atoms with van der Waals surface area (Å²) in [5.41, 5.74) is 4.07. The first-order chi connectivity index (χ1) is 17.7. The van der Waals surface area contributed by atoms with Gasteiger partial charge >= 0.3 is 0 Å². The van der Waals surface area contributed by atoms with E-state index < -0.39 is 0 Å². The van der Waals surface area contributed by atoms with E-state index in [9.17, 15) is 9.59 Å². The van der Waals surface area contributed by atoms with Gasteiger partial charge in [-0.2, -0.15) is 0 Å². The molecular weight excluding hydrogens is 440 g/mol. The summed E-state index contributed by atoms with van der Waals surface area (Å²) in [7, 11) is 0. The van der Waals surface area contributed by atoms with Crippen LogP contribution in [0.4, 0.5) is 0 Å². The molecule has 0 atom stereocenters. The molecular formula is C34H22O2. The Morgan fingerprint density at radius 1 is 0.417 bits per heavy atom. The van der Waals surface area contributed by atoms with Crippen LogP contribution in [0.25, 0.3) is 32.7 Å². The van der Waals surface area contributed by atoms with Crippen LogP contribution in [0.3, 0.4) is 0 Å². The number of ketones is 2. The average Bonchev–Trinajstić information content (AvgIpc) is 2.96. The van der Waals surface area contributed by atoms with Crippen molar-refractivity contribution in [1.82, 2.24) is 0 Å². The van der Waals surface area contributed by atoms with Crippen LogP contribution in [-0.4, -0.2) is 11.6 Å². The summed E-state index contributed by atoms with van der Waals surface area (Å²) >= 11 is 0. The van der Waals surface area contributed by atoms with E-state index in [1.165, 1.54) is 0 Å². The Hall–Kier alpha value is -4.82. The van der Waals surface area contributed by atoms with Gasteiger partial charge in [0, 0.05) is 22.3 Å². The van der Waals surface area contributed by atoms with Crippen LogP contribution in [0.2, 0.25) is 0 Å². The fourth-order valence-corrected chi connectivity index (χ4v) is 4.90. The third-order valence-electron chi connectivity index (χ3n) is 6.62. The van der Waals surface area contributed by atoms with Crippen molar-refractivity contribution >= 4 is 33.1 Å². The summed E-state index contributed by atoms with van der Waals surface area (Å²) in [5, 5.41) is 4.07. The lowest BCUT2D eigenvalue weighted by Crippen LogP contribution is -2.11. The fourth-order valence-electron chi connectivity index (χ4n) is 4.90. The molecule has 0 aromatic heterocycles. The molecule has 2 heteroatoms. The van der Waals surface area contributed by atoms with Crippen LogP contribution >= 0.6 is 0 Å². The second kappa shape index (κ2) is 9.09. The first-order valence-electron chi connectivity index (χ1n) is 11.9. The molecule has 0 saturated heterocycles. The largest absolute Gasteiger partial charge is 0.289 e. The lowest BCUT2D eigenvalue weighted by Gasteiger charge is -2.16. The van der Waals surface area contributed by atoms with Gasteiger partial charge in [-0.1, -0.05) is 115 Å². The zero-order valence-electron chi connectivity index (χ0n) is 19.5. The average molecular weight is 463 g/mol. The minimum Gasteiger partial charge on any atom is -0.289 e. The van der Waals surface area contributed by atoms with Gasteiger partial charge in [-0.25, -0.2) is 0 Å². The number of carbonyl (C=O) groups excluding carboxylic acids is 2. The van der Waals surface area contributed by atoms with E-state index in [4.69, 9.17) is 0 Å². The van der Waals surface area contributed by atoms with Crippen molar-refractivity contribution in [2.24, 2.45) is 0 Å². The van der Waals surface area contributed by atoms with E-state index in [1.807, 2.05) is 78.9 Å². The number of carbonyl (C=O) groups is 2. The molecule has 170 valence electrons. The fraction of sp³-hybridized carbons (Fsp3) is 0. The predicted octanol–water partition coefficient (Wildman–Crippen LogP) is 8.12. The van der Waals surface area contributed by atoms with Gasteiger partial charge in [0.25, 0.3) is 0 Å². The third-order valence-corrected chi connectivity index (χ3v) is 6.62. The standard InChI is InChI=1S/C34H22O2/c35-33(24-14-6-2-7-15-24)30-21-27-20-26-18-10-11-19-28(26)32(23-12-4-1-5-13-23)29(27)22-31(30)34(36)25-16-8-3-9-17-25/h1-22H. The highest BCUT2D eigenvalue weighted by molar-refractivity contribution is 6.23. The van der Waals surface area contributed by atoms with Crippen molar-refractivity contribution in [2.45, 2.75) is 0 Å². The summed E-state index contributed by atoms with van der Waals surface area (Å²) in [5.74, 6) is -0.324. The van der Waals surface area contributed by atoms with Gasteiger partial charge in [0.15, 0.2) is 11.6 Å². The quantitative estimate of drug-likeness (QED) is 0.191. The molecule has 0 saturated carbocycles. The highest BCUT2D eigenvalue weighted by atomic mass is 16.1. The molecule has 0 fully saturated rings. The van der Waals surface area contributed by atoms with Gasteiger partial charge < -0.3 is 0 Å². The number of hydrogen-bond acceptors (Lipinski definition) is 2. The van der Waals surface area contributed by atoms with Crippen molar-refractivity contribution in [3.05, 3.63) is 156 Å². The molecule has 6 aromatic rings. The number of hydrogen-bond donors (Lipinski definition) is 0. The number of benzene rings is 6. The van der Waals surface area contributed by atoms with Crippen molar-refractivity contribution in [3.8, 4) is 11.1 Å². The van der Waals surface area contributed by atoms with Crippen molar-refractivity contribution in [2.75, 3.05) is 0 Å². The maximum Gasteiger partial charge on any atom is 0.193 e. The lowest BCUT2D eigenvalue weighted by atomic mass is 9.86. The van der Waals surface area contributed by atoms with Crippen LogP contribution in [0.1, 0.15) is 31.8 Å². The van der Waals surface area contributed by atoms with E-state index in [0.717, 1.165) is 32.7 Å². The zero-order chi connectivity index (χ0) is 24.5. The minimum atomic E-state index is -0.163. The van der Waals surface area contributed by atoms with Crippen LogP contribution in [0.15, 0.2) is 133 Å². The van der Waals surface area contributed by atoms with Gasteiger partial charge in [-0.05, 0) is 50.9 Å². The topological polar surface area (TPSA) is 34.1 Å². The highest BCUT2D eigenvalue weighted by Gasteiger charge is 2.22. The molecule has 0 unspecified atom stereocenters. The molecule has 0 radical (unpaired) electrons. The number of fused-ring (bicyclic) bond motifs is 2. The normalized spacial score (nSPS) is 11.0. The highest BCUT2D eigenvalue weighted by Crippen LogP contribution is 2.38. The summed E-state index contributed by atoms with van der Waals surface area (Å²) < 4.78 is 0. The molecule has 6 rings (SSSR count). The van der Waals surface area contributed by atoms with E-state index in [0.29, 0.717) is 22.3 Å². The van der Waals surface area contributed by atoms with Crippen LogP contribution in [0.5, 0.6) is 0 Å². The first-order valence-corrected chi connectivity index (χ1v) is 11.9. The molecule has 0 heterocycles. The number of rotatable bonds is 5. The Morgan fingerprint density at radius 2 is 0.917 bits per heavy atom. The Morgan fingerprint density at radius 3 is 1.53 bits per heavy atom. The van der Waals surface area contributed by atoms with Crippen molar-refractivity contribution in [1.29, 1.82) is 0 Å². The Balaban J connectivity index is 1.70. The molecule has 0 aliphatic rings. The molecule has 0 spiro atoms. The van der Waals surface area contributed by atoms with E-state index in [1.54, 1.807) is 24.3 Å². The summed E-state index contributed by atoms with van der Waals surface area (Å²) in [6.45, 7) is 0. The summed E-state index contributed by atoms with van der Waals surface area (Å²) in [6.07, 6.45) is 0. The Labute approximate surface area is 209 Å². The Bertz CT molecular complexity index is 1740. The first kappa shape index (κ1) is 21.7. The molecule has 0 aliphatic heterocycles. The lowest BCUT2D eigenvalue weighted by molar-refractivity contribution is 0.100. The van der Waals surface area contributed by atoms with E-state index in [2.05, 4.69) is 30.3 Å². The Kier molecular flexibility index (Phi) is 5.48. The maximum absolute atomic E-state index is 13.8. The third kappa shape index (κ3) is 3.79. The van der Waals surface area contributed by atoms with Crippen molar-refractivity contribution < 1.29 is 9.59 Å². The van der Waals surface area contributed by atoms with Crippen LogP contribution in [-0.2, 0) is 0 Å². The van der Waals surface area contributed by atoms with E-state index in [-0.39, 0.29) is 11.6 Å². The SMILES string of the molecule is O=C(c1ccccc1)c1cc2cc3ccccc3c(-c3ccccc3)c2cc1C(=O)c1ccccc1. The molecule has 0 aliphatic carbocycles. The molecule has 0 amide bonds. The van der Waals surface area contributed by atoms with Crippen LogP contribution in [0, 0.1) is 0 Å². The van der Waals surface area contributed by atoms with Gasteiger partial charge in [-0.3, -0.25) is 9.59 Å². The minimum absolute atomic E-state index is 0.161. The van der Waals surface area contributed by atoms with Gasteiger partial charge in [-0.15, -0.1) is 0 Å². The smallest absolute Gasteiger partial charge is 0.193 e. The molecule has 2 nitrogen and oxygen atoms in total. The van der Waals surface area contributed by atoms with Gasteiger partial charge in [0.2, 0.25) is 0 Å². The van der Waals surface area contributed by atoms with Crippen LogP contribution < -0.4 is 0 Å². The predicted molar refractivity (Wildman–Crippen MR) is 147 cm³/mol. The second-order valence-corrected chi connectivity index (χ2v) is 8.85. The maximum atomic E-state index is 13.8. The molecule has 36 heavy (non-hydrogen) atoms. The molecule has 6 aromatic carbocycles. The molecule has 0 bridgehead atoms. The van der Waals surface area contributed by atoms with Crippen molar-refractivity contribution in [3.63, 3.8) is 0 Å². The zero-order valence-corrected chi connectivity index (χ0v) is 19.5. The van der Waals surface area contributed by atoms with Gasteiger partial charge in [0.05, 0.1) is 0 Å². The monoisotopic (exact) mass is 462 g/mol. The molecule has 0 N–H and O–H groups in total. The van der Waals surface area contributed by atoms with Gasteiger partial charge in [0.1, 0.15) is 0 Å². The summed E-state index contributed by atoms with van der Waals surface area (Å²) in [6, 6.07) is 42.7. The summed E-state index contributed by atoms with van der Waals surface area (Å²) in [4.78, 5) is 27.5.